The number of nitrogens with two attached hydrogens (primary N) is 2. The van der Waals surface area contributed by atoms with Gasteiger partial charge in [-0.25, -0.2) is 19.2 Å². The molecule has 1 aliphatic carbocycles. The number of rotatable bonds is 8. The Kier molecular flexibility index (Phi) is 15.5. The van der Waals surface area contributed by atoms with Crippen molar-refractivity contribution in [2.75, 3.05) is 6.54 Å². The summed E-state index contributed by atoms with van der Waals surface area (Å²) in [6, 6.07) is 8.22. The Bertz CT molecular complexity index is 1030. The van der Waals surface area contributed by atoms with Gasteiger partial charge in [-0.3, -0.25) is 4.99 Å². The first-order chi connectivity index (χ1) is 20.0. The summed E-state index contributed by atoms with van der Waals surface area (Å²) in [6.45, 7) is 9.67. The summed E-state index contributed by atoms with van der Waals surface area (Å²) in [7, 11) is 0. The minimum absolute atomic E-state index is 0.00851. The van der Waals surface area contributed by atoms with Crippen molar-refractivity contribution in [3.63, 3.8) is 0 Å². The molecule has 1 atom stereocenters. The van der Waals surface area contributed by atoms with Gasteiger partial charge in [0.15, 0.2) is 0 Å². The lowest BCUT2D eigenvalue weighted by Gasteiger charge is -2.27. The highest BCUT2D eigenvalue weighted by Crippen LogP contribution is 2.16. The molecule has 13 heteroatoms. The lowest BCUT2D eigenvalue weighted by Crippen LogP contribution is -2.50. The molecule has 1 aromatic carbocycles. The number of aliphatic imine (C=N–C) groups is 1. The van der Waals surface area contributed by atoms with E-state index >= 15 is 0 Å². The molecular formula is C30H49N5O8. The molecule has 13 nitrogen and oxygen atoms in total. The van der Waals surface area contributed by atoms with Gasteiger partial charge in [0.05, 0.1) is 0 Å². The van der Waals surface area contributed by atoms with Crippen LogP contribution in [0, 0.1) is 0 Å². The van der Waals surface area contributed by atoms with Crippen LogP contribution in [0.1, 0.15) is 92.1 Å². The third-order valence-electron chi connectivity index (χ3n) is 5.76. The van der Waals surface area contributed by atoms with Gasteiger partial charge in [-0.15, -0.1) is 4.90 Å². The van der Waals surface area contributed by atoms with Crippen LogP contribution in [0.3, 0.4) is 0 Å². The fourth-order valence-corrected chi connectivity index (χ4v) is 3.74. The number of carboxylic acid groups (broad SMARTS) is 1. The van der Waals surface area contributed by atoms with E-state index in [0.717, 1.165) is 5.56 Å². The van der Waals surface area contributed by atoms with Gasteiger partial charge in [0, 0.05) is 12.6 Å². The molecule has 2 rings (SSSR count). The first kappa shape index (κ1) is 37.2. The molecule has 0 heterocycles. The fourth-order valence-electron chi connectivity index (χ4n) is 3.74. The Balaban J connectivity index is 0.00000115. The highest BCUT2D eigenvalue weighted by molar-refractivity contribution is 6.07. The molecule has 1 unspecified atom stereocenters. The number of alkyl carbamates (subject to hydrolysis) is 1. The maximum atomic E-state index is 12.5. The Morgan fingerprint density at radius 3 is 1.95 bits per heavy atom. The van der Waals surface area contributed by atoms with Crippen LogP contribution < -0.4 is 16.8 Å². The van der Waals surface area contributed by atoms with Crippen molar-refractivity contribution < 1.29 is 38.5 Å². The van der Waals surface area contributed by atoms with Crippen molar-refractivity contribution in [2.45, 2.75) is 116 Å². The van der Waals surface area contributed by atoms with Crippen LogP contribution in [-0.2, 0) is 25.6 Å². The monoisotopic (exact) mass is 607 g/mol. The summed E-state index contributed by atoms with van der Waals surface area (Å²) in [6.07, 6.45) is 3.80. The van der Waals surface area contributed by atoms with E-state index in [1.165, 1.54) is 32.1 Å². The van der Waals surface area contributed by atoms with Crippen molar-refractivity contribution in [3.8, 4) is 0 Å². The third kappa shape index (κ3) is 17.0. The van der Waals surface area contributed by atoms with Gasteiger partial charge >= 0.3 is 24.2 Å². The average molecular weight is 608 g/mol. The number of hydrogen-bond donors (Lipinski definition) is 4. The number of carboxylic acids is 1. The van der Waals surface area contributed by atoms with Crippen LogP contribution in [0.5, 0.6) is 0 Å². The van der Waals surface area contributed by atoms with Crippen LogP contribution >= 0.6 is 0 Å². The minimum Gasteiger partial charge on any atom is -0.480 e. The minimum atomic E-state index is -1.26. The molecule has 0 radical (unpaired) electrons. The van der Waals surface area contributed by atoms with Crippen LogP contribution in [0.15, 0.2) is 35.3 Å². The van der Waals surface area contributed by atoms with E-state index in [1.54, 1.807) is 65.8 Å². The predicted molar refractivity (Wildman–Crippen MR) is 162 cm³/mol. The average Bonchev–Trinajstić information content (AvgIpc) is 2.88. The largest absolute Gasteiger partial charge is 0.480 e. The Morgan fingerprint density at radius 2 is 1.51 bits per heavy atom. The SMILES string of the molecule is CC(C)(C)OC(=O)N(C(=O)OC(C)(C)C)C(N)=NCCCC(NC(=O)OCc1ccccc1)C(=O)O.NC1CCCCC1. The van der Waals surface area contributed by atoms with E-state index < -0.39 is 47.5 Å². The zero-order valence-corrected chi connectivity index (χ0v) is 26.3. The predicted octanol–water partition coefficient (Wildman–Crippen LogP) is 4.91. The van der Waals surface area contributed by atoms with Gasteiger partial charge in [0.25, 0.3) is 0 Å². The van der Waals surface area contributed by atoms with Gasteiger partial charge < -0.3 is 36.1 Å². The van der Waals surface area contributed by atoms with Crippen LogP contribution in [0.2, 0.25) is 0 Å². The van der Waals surface area contributed by atoms with Gasteiger partial charge in [-0.2, -0.15) is 0 Å². The normalized spacial score (nSPS) is 14.8. The lowest BCUT2D eigenvalue weighted by atomic mass is 9.97. The second kappa shape index (κ2) is 17.9. The maximum Gasteiger partial charge on any atom is 0.427 e. The first-order valence-electron chi connectivity index (χ1n) is 14.5. The highest BCUT2D eigenvalue weighted by Gasteiger charge is 2.34. The van der Waals surface area contributed by atoms with Crippen molar-refractivity contribution in [3.05, 3.63) is 35.9 Å². The molecule has 3 amide bonds. The second-order valence-electron chi connectivity index (χ2n) is 12.2. The van der Waals surface area contributed by atoms with Gasteiger partial charge in [0.2, 0.25) is 5.96 Å². The Morgan fingerprint density at radius 1 is 0.977 bits per heavy atom. The molecule has 1 fully saturated rings. The smallest absolute Gasteiger partial charge is 0.427 e. The molecular weight excluding hydrogens is 558 g/mol. The number of benzene rings is 1. The van der Waals surface area contributed by atoms with Gasteiger partial charge in [0.1, 0.15) is 23.9 Å². The second-order valence-corrected chi connectivity index (χ2v) is 12.2. The first-order valence-corrected chi connectivity index (χ1v) is 14.5. The molecule has 1 aromatic rings. The van der Waals surface area contributed by atoms with E-state index in [4.69, 9.17) is 25.7 Å². The Labute approximate surface area is 254 Å². The summed E-state index contributed by atoms with van der Waals surface area (Å²) < 4.78 is 15.5. The summed E-state index contributed by atoms with van der Waals surface area (Å²) in [5, 5.41) is 11.7. The third-order valence-corrected chi connectivity index (χ3v) is 5.76. The summed E-state index contributed by atoms with van der Waals surface area (Å²) in [5.41, 5.74) is 10.4. The topological polar surface area (TPSA) is 196 Å². The summed E-state index contributed by atoms with van der Waals surface area (Å²) >= 11 is 0. The summed E-state index contributed by atoms with van der Waals surface area (Å²) in [4.78, 5) is 53.1. The number of nitrogens with one attached hydrogen (secondary N) is 1. The standard InChI is InChI=1S/C24H36N4O8.C6H13N/c1-23(2,3)35-21(32)28(22(33)36-24(4,5)6)19(25)26-14-10-13-17(18(29)30)27-20(31)34-15-16-11-8-7-9-12-16;7-6-4-2-1-3-5-6/h7-9,11-12,17H,10,13-15H2,1-6H3,(H2,25,26)(H,27,31)(H,29,30);6H,1-5,7H2. The molecule has 1 saturated carbocycles. The molecule has 242 valence electrons. The molecule has 6 N–H and O–H groups in total. The maximum absolute atomic E-state index is 12.5. The molecule has 0 spiro atoms. The molecule has 43 heavy (non-hydrogen) atoms. The van der Waals surface area contributed by atoms with Crippen molar-refractivity contribution in [2.24, 2.45) is 16.5 Å². The molecule has 0 aliphatic heterocycles. The number of guanidine groups is 1. The van der Waals surface area contributed by atoms with Crippen molar-refractivity contribution in [1.82, 2.24) is 10.2 Å². The number of aliphatic carboxylic acids is 1. The van der Waals surface area contributed by atoms with Gasteiger partial charge in [-0.1, -0.05) is 49.6 Å². The summed E-state index contributed by atoms with van der Waals surface area (Å²) in [5.74, 6) is -1.73. The van der Waals surface area contributed by atoms with Crippen LogP contribution in [0.25, 0.3) is 0 Å². The zero-order valence-electron chi connectivity index (χ0n) is 26.3. The van der Waals surface area contributed by atoms with E-state index in [9.17, 15) is 24.3 Å². The number of nitrogens with zero attached hydrogens (tertiary/aromatic N) is 2. The zero-order chi connectivity index (χ0) is 32.6. The van der Waals surface area contributed by atoms with Crippen molar-refractivity contribution in [1.29, 1.82) is 0 Å². The van der Waals surface area contributed by atoms with E-state index in [2.05, 4.69) is 10.3 Å². The highest BCUT2D eigenvalue weighted by atomic mass is 16.6. The van der Waals surface area contributed by atoms with Crippen molar-refractivity contribution >= 4 is 30.2 Å². The number of hydrogen-bond acceptors (Lipinski definition) is 9. The van der Waals surface area contributed by atoms with E-state index in [0.29, 0.717) is 10.9 Å². The number of carbonyl (C=O) groups excluding carboxylic acids is 3. The molecule has 0 bridgehead atoms. The van der Waals surface area contributed by atoms with Crippen LogP contribution in [-0.4, -0.2) is 70.0 Å². The number of carbonyl (C=O) groups is 4. The van der Waals surface area contributed by atoms with Gasteiger partial charge in [-0.05, 0) is 72.8 Å². The number of ether oxygens (including phenoxy) is 3. The lowest BCUT2D eigenvalue weighted by molar-refractivity contribution is -0.139. The quantitative estimate of drug-likeness (QED) is 0.136. The van der Waals surface area contributed by atoms with E-state index in [-0.39, 0.29) is 26.0 Å². The molecule has 0 saturated heterocycles. The molecule has 0 aromatic heterocycles. The van der Waals surface area contributed by atoms with Crippen LogP contribution in [0.4, 0.5) is 14.4 Å². The number of imide groups is 1. The fraction of sp³-hybridized carbons (Fsp3) is 0.633. The number of amides is 3. The van der Waals surface area contributed by atoms with E-state index in [1.807, 2.05) is 6.07 Å². The molecule has 1 aliphatic rings. The Hall–Kier alpha value is -3.87.